The van der Waals surface area contributed by atoms with Crippen LogP contribution in [0.15, 0.2) is 89.8 Å². The van der Waals surface area contributed by atoms with Gasteiger partial charge in [0.2, 0.25) is 0 Å². The van der Waals surface area contributed by atoms with E-state index < -0.39 is 39.6 Å². The van der Waals surface area contributed by atoms with Gasteiger partial charge in [0, 0.05) is 0 Å². The number of benzene rings is 3. The Morgan fingerprint density at radius 1 is 0.833 bits per heavy atom. The summed E-state index contributed by atoms with van der Waals surface area (Å²) in [5.74, 6) is -2.64. The van der Waals surface area contributed by atoms with Gasteiger partial charge < -0.3 is 19.4 Å². The van der Waals surface area contributed by atoms with Crippen LogP contribution in [0.1, 0.15) is 37.8 Å². The van der Waals surface area contributed by atoms with Gasteiger partial charge in [-0.05, 0) is 56.2 Å². The summed E-state index contributed by atoms with van der Waals surface area (Å²) in [7, 11) is -4.04. The summed E-state index contributed by atoms with van der Waals surface area (Å²) in [5, 5.41) is 0. The first kappa shape index (κ1) is 26.9. The Morgan fingerprint density at radius 2 is 1.39 bits per heavy atom. The molecule has 0 radical (unpaired) electrons. The van der Waals surface area contributed by atoms with Crippen LogP contribution in [0.2, 0.25) is 0 Å². The second kappa shape index (κ2) is 11.4. The van der Waals surface area contributed by atoms with Crippen LogP contribution in [-0.4, -0.2) is 32.0 Å². The molecule has 2 atom stereocenters. The topological polar surface area (TPSA) is 122 Å². The number of rotatable bonds is 9. The predicted octanol–water partition coefficient (Wildman–Crippen LogP) is 3.95. The average molecular weight is 512 g/mol. The van der Waals surface area contributed by atoms with E-state index in [1.54, 1.807) is 51.1 Å². The standard InChI is InChI=1S/C27H29NO7S/c1-27(2,3)34-25(29)23(24(28)26(30)33-18-19-10-6-4-7-11-19)20-14-16-21(17-15-20)35-36(31,32)22-12-8-5-9-13-22/h4-17,23-24H,18,28H2,1-3H3. The zero-order valence-electron chi connectivity index (χ0n) is 20.3. The fourth-order valence-electron chi connectivity index (χ4n) is 3.31. The Bertz CT molecular complexity index is 1270. The summed E-state index contributed by atoms with van der Waals surface area (Å²) < 4.78 is 41.0. The number of ether oxygens (including phenoxy) is 2. The van der Waals surface area contributed by atoms with E-state index in [1.165, 1.54) is 36.4 Å². The first-order valence-electron chi connectivity index (χ1n) is 11.2. The monoisotopic (exact) mass is 511 g/mol. The largest absolute Gasteiger partial charge is 0.460 e. The Hall–Kier alpha value is -3.69. The van der Waals surface area contributed by atoms with Gasteiger partial charge in [0.05, 0.1) is 0 Å². The number of carbonyl (C=O) groups excluding carboxylic acids is 2. The van der Waals surface area contributed by atoms with Gasteiger partial charge in [-0.1, -0.05) is 60.7 Å². The summed E-state index contributed by atoms with van der Waals surface area (Å²) in [5.41, 5.74) is 6.48. The van der Waals surface area contributed by atoms with Crippen molar-refractivity contribution in [1.82, 2.24) is 0 Å². The van der Waals surface area contributed by atoms with Gasteiger partial charge in [-0.2, -0.15) is 8.42 Å². The van der Waals surface area contributed by atoms with Crippen LogP contribution < -0.4 is 9.92 Å². The van der Waals surface area contributed by atoms with Crippen molar-refractivity contribution in [2.24, 2.45) is 5.73 Å². The molecule has 0 bridgehead atoms. The van der Waals surface area contributed by atoms with Gasteiger partial charge >= 0.3 is 22.1 Å². The molecule has 0 spiro atoms. The molecular weight excluding hydrogens is 482 g/mol. The van der Waals surface area contributed by atoms with Crippen molar-refractivity contribution in [3.05, 3.63) is 96.1 Å². The summed E-state index contributed by atoms with van der Waals surface area (Å²) >= 11 is 0. The molecule has 0 saturated heterocycles. The van der Waals surface area contributed by atoms with E-state index in [9.17, 15) is 18.0 Å². The molecule has 36 heavy (non-hydrogen) atoms. The van der Waals surface area contributed by atoms with E-state index in [2.05, 4.69) is 0 Å². The summed E-state index contributed by atoms with van der Waals surface area (Å²) in [4.78, 5) is 25.8. The van der Waals surface area contributed by atoms with Crippen molar-refractivity contribution >= 4 is 22.1 Å². The Kier molecular flexibility index (Phi) is 8.49. The molecule has 3 aromatic carbocycles. The number of hydrogen-bond donors (Lipinski definition) is 1. The lowest BCUT2D eigenvalue weighted by Gasteiger charge is -2.27. The number of esters is 2. The maximum Gasteiger partial charge on any atom is 0.339 e. The van der Waals surface area contributed by atoms with Crippen molar-refractivity contribution in [3.8, 4) is 5.75 Å². The third kappa shape index (κ3) is 7.40. The van der Waals surface area contributed by atoms with E-state index in [0.717, 1.165) is 5.56 Å². The fourth-order valence-corrected chi connectivity index (χ4v) is 4.26. The van der Waals surface area contributed by atoms with Gasteiger partial charge in [-0.15, -0.1) is 0 Å². The molecule has 0 fully saturated rings. The van der Waals surface area contributed by atoms with Crippen LogP contribution in [0.3, 0.4) is 0 Å². The van der Waals surface area contributed by atoms with Crippen LogP contribution in [0.4, 0.5) is 0 Å². The molecule has 0 amide bonds. The highest BCUT2D eigenvalue weighted by Gasteiger charge is 2.36. The minimum absolute atomic E-state index is 0.00145. The smallest absolute Gasteiger partial charge is 0.339 e. The molecule has 0 aliphatic heterocycles. The zero-order chi connectivity index (χ0) is 26.3. The predicted molar refractivity (Wildman–Crippen MR) is 133 cm³/mol. The van der Waals surface area contributed by atoms with Crippen LogP contribution in [0.5, 0.6) is 5.75 Å². The third-order valence-corrected chi connectivity index (χ3v) is 6.25. The molecule has 3 aromatic rings. The first-order valence-corrected chi connectivity index (χ1v) is 12.7. The molecule has 3 rings (SSSR count). The van der Waals surface area contributed by atoms with Gasteiger partial charge in [-0.3, -0.25) is 9.59 Å². The molecule has 190 valence electrons. The second-order valence-electron chi connectivity index (χ2n) is 9.05. The Balaban J connectivity index is 1.81. The average Bonchev–Trinajstić information content (AvgIpc) is 2.83. The molecule has 0 aliphatic carbocycles. The fraction of sp³-hybridized carbons (Fsp3) is 0.259. The molecule has 9 heteroatoms. The van der Waals surface area contributed by atoms with Crippen LogP contribution in [0, 0.1) is 0 Å². The molecule has 8 nitrogen and oxygen atoms in total. The van der Waals surface area contributed by atoms with Gasteiger partial charge in [0.25, 0.3) is 0 Å². The van der Waals surface area contributed by atoms with E-state index in [1.807, 2.05) is 18.2 Å². The lowest BCUT2D eigenvalue weighted by Crippen LogP contribution is -2.43. The Morgan fingerprint density at radius 3 is 1.94 bits per heavy atom. The summed E-state index contributed by atoms with van der Waals surface area (Å²) in [6.07, 6.45) is 0. The number of hydrogen-bond acceptors (Lipinski definition) is 8. The minimum Gasteiger partial charge on any atom is -0.460 e. The molecular formula is C27H29NO7S. The molecule has 0 aliphatic rings. The molecule has 0 saturated carbocycles. The van der Waals surface area contributed by atoms with Crippen molar-refractivity contribution in [2.75, 3.05) is 0 Å². The van der Waals surface area contributed by atoms with Crippen molar-refractivity contribution in [2.45, 2.75) is 49.8 Å². The van der Waals surface area contributed by atoms with Gasteiger partial charge in [0.15, 0.2) is 0 Å². The van der Waals surface area contributed by atoms with E-state index in [0.29, 0.717) is 5.56 Å². The summed E-state index contributed by atoms with van der Waals surface area (Å²) in [6, 6.07) is 21.1. The van der Waals surface area contributed by atoms with Crippen LogP contribution >= 0.6 is 0 Å². The molecule has 2 N–H and O–H groups in total. The van der Waals surface area contributed by atoms with E-state index in [-0.39, 0.29) is 17.3 Å². The molecule has 2 unspecified atom stereocenters. The zero-order valence-corrected chi connectivity index (χ0v) is 21.1. The number of nitrogens with two attached hydrogens (primary N) is 1. The minimum atomic E-state index is -4.04. The second-order valence-corrected chi connectivity index (χ2v) is 10.6. The van der Waals surface area contributed by atoms with E-state index >= 15 is 0 Å². The lowest BCUT2D eigenvalue weighted by molar-refractivity contribution is -0.161. The highest BCUT2D eigenvalue weighted by atomic mass is 32.2. The van der Waals surface area contributed by atoms with Gasteiger partial charge in [-0.25, -0.2) is 0 Å². The normalized spacial score (nSPS) is 13.3. The van der Waals surface area contributed by atoms with Crippen molar-refractivity contribution < 1.29 is 31.7 Å². The number of carbonyl (C=O) groups is 2. The van der Waals surface area contributed by atoms with Crippen LogP contribution in [-0.2, 0) is 35.8 Å². The third-order valence-electron chi connectivity index (χ3n) is 4.99. The first-order chi connectivity index (χ1) is 17.0. The van der Waals surface area contributed by atoms with Crippen molar-refractivity contribution in [3.63, 3.8) is 0 Å². The van der Waals surface area contributed by atoms with E-state index in [4.69, 9.17) is 19.4 Å². The molecule has 0 heterocycles. The summed E-state index contributed by atoms with van der Waals surface area (Å²) in [6.45, 7) is 5.10. The SMILES string of the molecule is CC(C)(C)OC(=O)C(c1ccc(OS(=O)(=O)c2ccccc2)cc1)C(N)C(=O)OCc1ccccc1. The molecule has 0 aromatic heterocycles. The maximum absolute atomic E-state index is 13.0. The van der Waals surface area contributed by atoms with Crippen LogP contribution in [0.25, 0.3) is 0 Å². The Labute approximate surface area is 211 Å². The highest BCUT2D eigenvalue weighted by Crippen LogP contribution is 2.27. The quantitative estimate of drug-likeness (QED) is 0.339. The van der Waals surface area contributed by atoms with Gasteiger partial charge in [0.1, 0.15) is 34.8 Å². The van der Waals surface area contributed by atoms with Crippen molar-refractivity contribution in [1.29, 1.82) is 0 Å². The highest BCUT2D eigenvalue weighted by molar-refractivity contribution is 7.87. The maximum atomic E-state index is 13.0. The lowest BCUT2D eigenvalue weighted by atomic mass is 9.91.